The van der Waals surface area contributed by atoms with Crippen LogP contribution in [0.15, 0.2) is 0 Å². The average Bonchev–Trinajstić information content (AvgIpc) is 0.722. The molecule has 0 saturated heterocycles. The minimum atomic E-state index is -3.67. The molecule has 0 atom stereocenters. The smallest absolute Gasteiger partial charge is 0.261 e. The van der Waals surface area contributed by atoms with E-state index in [-0.39, 0.29) is 44.7 Å². The summed E-state index contributed by atoms with van der Waals surface area (Å²) in [7, 11) is -3.67. The molecule has 0 aliphatic heterocycles. The third-order valence-electron chi connectivity index (χ3n) is 0. The van der Waals surface area contributed by atoms with Gasteiger partial charge in [-0.15, -0.1) is 0 Å². The van der Waals surface area contributed by atoms with E-state index in [9.17, 15) is 8.42 Å². The SMILES string of the molecule is C.CS(=O)(=O)O.[Er]. The molecule has 0 fully saturated rings. The van der Waals surface area contributed by atoms with Gasteiger partial charge in [-0.2, -0.15) is 8.42 Å². The van der Waals surface area contributed by atoms with Crippen LogP contribution in [0.25, 0.3) is 0 Å². The summed E-state index contributed by atoms with van der Waals surface area (Å²) in [5.74, 6) is 0. The first-order valence-electron chi connectivity index (χ1n) is 0.924. The van der Waals surface area contributed by atoms with Gasteiger partial charge in [-0.05, 0) is 0 Å². The molecule has 0 bridgehead atoms. The molecule has 0 aromatic heterocycles. The molecule has 0 aliphatic carbocycles. The first kappa shape index (κ1) is 15.7. The second-order valence-electron chi connectivity index (χ2n) is 0.733. The molecular formula is C2H8ErO3S. The molecule has 5 heteroatoms. The van der Waals surface area contributed by atoms with Crippen LogP contribution in [0.4, 0.5) is 0 Å². The van der Waals surface area contributed by atoms with Gasteiger partial charge in [-0.25, -0.2) is 0 Å². The molecule has 0 aromatic rings. The summed E-state index contributed by atoms with van der Waals surface area (Å²) in [6.45, 7) is 0. The standard InChI is InChI=1S/CH4O3S.CH4.Er/c1-5(2,3)4;;/h1H3,(H,2,3,4);1H4;. The van der Waals surface area contributed by atoms with Crippen molar-refractivity contribution in [1.82, 2.24) is 0 Å². The van der Waals surface area contributed by atoms with Gasteiger partial charge in [0, 0.05) is 37.3 Å². The van der Waals surface area contributed by atoms with E-state index in [1.54, 1.807) is 0 Å². The van der Waals surface area contributed by atoms with Crippen LogP contribution in [0.1, 0.15) is 7.43 Å². The molecule has 1 N–H and O–H groups in total. The van der Waals surface area contributed by atoms with Crippen molar-refractivity contribution in [2.75, 3.05) is 6.26 Å². The molecule has 52 valence electrons. The predicted molar refractivity (Wildman–Crippen MR) is 24.2 cm³/mol. The summed E-state index contributed by atoms with van der Waals surface area (Å²) >= 11 is 0. The second-order valence-corrected chi connectivity index (χ2v) is 2.20. The fraction of sp³-hybridized carbons (Fsp3) is 1.00. The van der Waals surface area contributed by atoms with Crippen LogP contribution in [0.2, 0.25) is 0 Å². The summed E-state index contributed by atoms with van der Waals surface area (Å²) in [4.78, 5) is 0. The molecule has 3 nitrogen and oxygen atoms in total. The topological polar surface area (TPSA) is 54.4 Å². The minimum Gasteiger partial charge on any atom is -0.286 e. The third-order valence-corrected chi connectivity index (χ3v) is 0. The normalized spacial score (nSPS) is 8.29. The van der Waals surface area contributed by atoms with E-state index in [2.05, 4.69) is 0 Å². The number of rotatable bonds is 0. The predicted octanol–water partition coefficient (Wildman–Crippen LogP) is 0.140. The molecule has 0 saturated carbocycles. The van der Waals surface area contributed by atoms with Crippen molar-refractivity contribution in [3.05, 3.63) is 0 Å². The Balaban J connectivity index is -0.0000000800. The van der Waals surface area contributed by atoms with Crippen molar-refractivity contribution >= 4 is 10.1 Å². The number of hydrogen-bond donors (Lipinski definition) is 1. The van der Waals surface area contributed by atoms with Crippen molar-refractivity contribution in [3.8, 4) is 0 Å². The first-order chi connectivity index (χ1) is 2.00. The maximum Gasteiger partial charge on any atom is 0.261 e. The van der Waals surface area contributed by atoms with E-state index in [4.69, 9.17) is 4.55 Å². The molecule has 7 heavy (non-hydrogen) atoms. The van der Waals surface area contributed by atoms with Crippen molar-refractivity contribution in [1.29, 1.82) is 0 Å². The summed E-state index contributed by atoms with van der Waals surface area (Å²) in [6, 6.07) is 0. The van der Waals surface area contributed by atoms with Crippen LogP contribution in [0.3, 0.4) is 0 Å². The van der Waals surface area contributed by atoms with Gasteiger partial charge in [-0.1, -0.05) is 7.43 Å². The molecular weight excluding hydrogens is 271 g/mol. The molecule has 0 radical (unpaired) electrons. The van der Waals surface area contributed by atoms with E-state index in [1.807, 2.05) is 0 Å². The van der Waals surface area contributed by atoms with Crippen LogP contribution in [-0.4, -0.2) is 19.2 Å². The minimum absolute atomic E-state index is 0. The Hall–Kier alpha value is 1.16. The van der Waals surface area contributed by atoms with Gasteiger partial charge in [0.05, 0.1) is 6.26 Å². The third kappa shape index (κ3) is 142. The van der Waals surface area contributed by atoms with Gasteiger partial charge >= 0.3 is 0 Å². The van der Waals surface area contributed by atoms with E-state index < -0.39 is 10.1 Å². The van der Waals surface area contributed by atoms with Gasteiger partial charge in [0.1, 0.15) is 0 Å². The Morgan fingerprint density at radius 2 is 1.43 bits per heavy atom. The monoisotopic (exact) mass is 278 g/mol. The molecule has 0 unspecified atom stereocenters. The fourth-order valence-corrected chi connectivity index (χ4v) is 0. The van der Waals surface area contributed by atoms with Gasteiger partial charge in [0.25, 0.3) is 10.1 Å². The van der Waals surface area contributed by atoms with Gasteiger partial charge < -0.3 is 0 Å². The van der Waals surface area contributed by atoms with Crippen LogP contribution in [0, 0.1) is 37.3 Å². The van der Waals surface area contributed by atoms with E-state index >= 15 is 0 Å². The van der Waals surface area contributed by atoms with Crippen molar-refractivity contribution in [2.45, 2.75) is 7.43 Å². The first-order valence-corrected chi connectivity index (χ1v) is 2.77. The van der Waals surface area contributed by atoms with Crippen molar-refractivity contribution < 1.29 is 50.3 Å². The van der Waals surface area contributed by atoms with E-state index in [1.165, 1.54) is 0 Å². The Morgan fingerprint density at radius 1 is 1.43 bits per heavy atom. The van der Waals surface area contributed by atoms with E-state index in [0.717, 1.165) is 0 Å². The molecule has 0 rings (SSSR count). The molecule has 0 amide bonds. The molecule has 0 aromatic carbocycles. The Morgan fingerprint density at radius 3 is 1.43 bits per heavy atom. The number of hydrogen-bond acceptors (Lipinski definition) is 2. The average molecular weight is 279 g/mol. The molecule has 0 aliphatic rings. The summed E-state index contributed by atoms with van der Waals surface area (Å²) < 4.78 is 25.9. The van der Waals surface area contributed by atoms with E-state index in [0.29, 0.717) is 6.26 Å². The van der Waals surface area contributed by atoms with Gasteiger partial charge in [-0.3, -0.25) is 4.55 Å². The second kappa shape index (κ2) is 5.30. The van der Waals surface area contributed by atoms with Crippen LogP contribution >= 0.6 is 0 Å². The van der Waals surface area contributed by atoms with Gasteiger partial charge in [0.15, 0.2) is 0 Å². The summed E-state index contributed by atoms with van der Waals surface area (Å²) in [5.41, 5.74) is 0. The van der Waals surface area contributed by atoms with Crippen LogP contribution in [0.5, 0.6) is 0 Å². The van der Waals surface area contributed by atoms with Crippen LogP contribution < -0.4 is 0 Å². The quantitative estimate of drug-likeness (QED) is 0.642. The zero-order valence-corrected chi connectivity index (χ0v) is 5.63. The largest absolute Gasteiger partial charge is 0.286 e. The molecule has 0 heterocycles. The summed E-state index contributed by atoms with van der Waals surface area (Å²) in [5, 5.41) is 0. The maximum atomic E-state index is 9.19. The zero-order chi connectivity index (χ0) is 4.50. The molecule has 0 spiro atoms. The Labute approximate surface area is 73.4 Å². The van der Waals surface area contributed by atoms with Crippen LogP contribution in [-0.2, 0) is 10.1 Å². The fourth-order valence-electron chi connectivity index (χ4n) is 0. The van der Waals surface area contributed by atoms with Crippen molar-refractivity contribution in [3.63, 3.8) is 0 Å². The van der Waals surface area contributed by atoms with Gasteiger partial charge in [0.2, 0.25) is 0 Å². The zero-order valence-electron chi connectivity index (χ0n) is 2.96. The van der Waals surface area contributed by atoms with Crippen molar-refractivity contribution in [2.24, 2.45) is 0 Å². The Bertz CT molecular complexity index is 96.1. The summed E-state index contributed by atoms with van der Waals surface area (Å²) in [6.07, 6.45) is 0.715. The Kier molecular flexibility index (Phi) is 11.9. The maximum absolute atomic E-state index is 9.19.